The predicted molar refractivity (Wildman–Crippen MR) is 81.3 cm³/mol. The molecule has 1 amide bonds. The molecule has 3 rings (SSSR count). The fraction of sp³-hybridized carbons (Fsp3) is 0.200. The Morgan fingerprint density at radius 2 is 2.29 bits per heavy atom. The Kier molecular flexibility index (Phi) is 3.35. The fourth-order valence-electron chi connectivity index (χ4n) is 2.28. The van der Waals surface area contributed by atoms with Crippen LogP contribution in [0.1, 0.15) is 5.69 Å². The highest BCUT2D eigenvalue weighted by atomic mass is 16.5. The standard InChI is InChI=1S/C15H16N4O2/c1-19(8-10-4-2-3-5-17-10)13-7-12-14(6-11(13)16)21-9-15(20)18-12/h2-7H,8-9,16H2,1H3,(H,18,20). The largest absolute Gasteiger partial charge is 0.482 e. The predicted octanol–water partition coefficient (Wildman–Crippen LogP) is 1.63. The van der Waals surface area contributed by atoms with Crippen molar-refractivity contribution in [3.63, 3.8) is 0 Å². The zero-order chi connectivity index (χ0) is 14.8. The molecule has 0 unspecified atom stereocenters. The van der Waals surface area contributed by atoms with Gasteiger partial charge in [-0.15, -0.1) is 0 Å². The lowest BCUT2D eigenvalue weighted by Gasteiger charge is -2.25. The number of anilines is 3. The molecule has 2 aromatic rings. The van der Waals surface area contributed by atoms with Crippen molar-refractivity contribution in [1.29, 1.82) is 0 Å². The molecule has 0 radical (unpaired) electrons. The monoisotopic (exact) mass is 284 g/mol. The number of hydrogen-bond donors (Lipinski definition) is 2. The van der Waals surface area contributed by atoms with Crippen molar-refractivity contribution >= 4 is 23.0 Å². The second kappa shape index (κ2) is 5.32. The molecule has 0 saturated heterocycles. The minimum atomic E-state index is -0.161. The number of pyridine rings is 1. The Balaban J connectivity index is 1.87. The lowest BCUT2D eigenvalue weighted by Crippen LogP contribution is -2.26. The summed E-state index contributed by atoms with van der Waals surface area (Å²) in [6.07, 6.45) is 1.76. The smallest absolute Gasteiger partial charge is 0.262 e. The topological polar surface area (TPSA) is 80.5 Å². The van der Waals surface area contributed by atoms with Crippen LogP contribution in [-0.4, -0.2) is 24.5 Å². The Morgan fingerprint density at radius 3 is 3.05 bits per heavy atom. The number of rotatable bonds is 3. The molecule has 2 heterocycles. The highest BCUT2D eigenvalue weighted by Gasteiger charge is 2.19. The Labute approximate surface area is 122 Å². The first-order chi connectivity index (χ1) is 10.1. The highest BCUT2D eigenvalue weighted by molar-refractivity contribution is 5.97. The van der Waals surface area contributed by atoms with Crippen LogP contribution in [0.15, 0.2) is 36.5 Å². The average molecular weight is 284 g/mol. The van der Waals surface area contributed by atoms with E-state index < -0.39 is 0 Å². The van der Waals surface area contributed by atoms with Crippen LogP contribution < -0.4 is 20.7 Å². The van der Waals surface area contributed by atoms with Crippen LogP contribution >= 0.6 is 0 Å². The maximum atomic E-state index is 11.4. The van der Waals surface area contributed by atoms with Gasteiger partial charge in [-0.3, -0.25) is 9.78 Å². The molecule has 1 aliphatic rings. The van der Waals surface area contributed by atoms with Crippen molar-refractivity contribution < 1.29 is 9.53 Å². The van der Waals surface area contributed by atoms with Crippen molar-refractivity contribution in [2.75, 3.05) is 29.6 Å². The zero-order valence-electron chi connectivity index (χ0n) is 11.7. The van der Waals surface area contributed by atoms with Gasteiger partial charge in [-0.25, -0.2) is 0 Å². The average Bonchev–Trinajstić information content (AvgIpc) is 2.48. The summed E-state index contributed by atoms with van der Waals surface area (Å²) in [4.78, 5) is 17.7. The van der Waals surface area contributed by atoms with Crippen molar-refractivity contribution in [2.24, 2.45) is 0 Å². The van der Waals surface area contributed by atoms with Gasteiger partial charge in [0.25, 0.3) is 5.91 Å². The van der Waals surface area contributed by atoms with Gasteiger partial charge < -0.3 is 20.7 Å². The minimum Gasteiger partial charge on any atom is -0.482 e. The van der Waals surface area contributed by atoms with E-state index in [4.69, 9.17) is 10.5 Å². The number of amides is 1. The third-order valence-corrected chi connectivity index (χ3v) is 3.30. The van der Waals surface area contributed by atoms with Crippen molar-refractivity contribution in [2.45, 2.75) is 6.54 Å². The first-order valence-electron chi connectivity index (χ1n) is 6.60. The summed E-state index contributed by atoms with van der Waals surface area (Å²) in [6.45, 7) is 0.647. The van der Waals surface area contributed by atoms with Gasteiger partial charge in [0.1, 0.15) is 5.75 Å². The lowest BCUT2D eigenvalue weighted by molar-refractivity contribution is -0.118. The molecular formula is C15H16N4O2. The molecular weight excluding hydrogens is 268 g/mol. The van der Waals surface area contributed by atoms with E-state index in [2.05, 4.69) is 10.3 Å². The first-order valence-corrected chi connectivity index (χ1v) is 6.60. The number of carbonyl (C=O) groups is 1. The van der Waals surface area contributed by atoms with Crippen LogP contribution in [0.25, 0.3) is 0 Å². The molecule has 0 aliphatic carbocycles. The van der Waals surface area contributed by atoms with Crippen LogP contribution in [0.4, 0.5) is 17.1 Å². The molecule has 108 valence electrons. The van der Waals surface area contributed by atoms with Gasteiger partial charge in [0.2, 0.25) is 0 Å². The Hall–Kier alpha value is -2.76. The highest BCUT2D eigenvalue weighted by Crippen LogP contribution is 2.36. The van der Waals surface area contributed by atoms with E-state index in [0.29, 0.717) is 23.7 Å². The number of nitrogens with two attached hydrogens (primary N) is 1. The summed E-state index contributed by atoms with van der Waals surface area (Å²) in [5.74, 6) is 0.438. The number of nitrogens with zero attached hydrogens (tertiary/aromatic N) is 2. The van der Waals surface area contributed by atoms with Crippen LogP contribution in [0.2, 0.25) is 0 Å². The summed E-state index contributed by atoms with van der Waals surface area (Å²) in [7, 11) is 1.93. The maximum Gasteiger partial charge on any atom is 0.262 e. The van der Waals surface area contributed by atoms with E-state index in [9.17, 15) is 4.79 Å². The van der Waals surface area contributed by atoms with Crippen molar-refractivity contribution in [3.8, 4) is 5.75 Å². The second-order valence-corrected chi connectivity index (χ2v) is 4.92. The van der Waals surface area contributed by atoms with Crippen LogP contribution in [0.3, 0.4) is 0 Å². The number of nitrogen functional groups attached to an aromatic ring is 1. The Morgan fingerprint density at radius 1 is 1.43 bits per heavy atom. The normalized spacial score (nSPS) is 13.1. The van der Waals surface area contributed by atoms with Crippen LogP contribution in [-0.2, 0) is 11.3 Å². The number of aromatic nitrogens is 1. The van der Waals surface area contributed by atoms with E-state index in [1.165, 1.54) is 0 Å². The molecule has 6 nitrogen and oxygen atoms in total. The SMILES string of the molecule is CN(Cc1ccccn1)c1cc2c(cc1N)OCC(=O)N2. The molecule has 3 N–H and O–H groups in total. The van der Waals surface area contributed by atoms with E-state index in [0.717, 1.165) is 11.4 Å². The van der Waals surface area contributed by atoms with Crippen molar-refractivity contribution in [3.05, 3.63) is 42.2 Å². The molecule has 0 bridgehead atoms. The van der Waals surface area contributed by atoms with Gasteiger partial charge in [0, 0.05) is 19.3 Å². The third-order valence-electron chi connectivity index (χ3n) is 3.30. The minimum absolute atomic E-state index is 0.0234. The number of nitrogens with one attached hydrogen (secondary N) is 1. The number of hydrogen-bond acceptors (Lipinski definition) is 5. The number of ether oxygens (including phenoxy) is 1. The lowest BCUT2D eigenvalue weighted by atomic mass is 10.2. The van der Waals surface area contributed by atoms with Crippen LogP contribution in [0.5, 0.6) is 5.75 Å². The van der Waals surface area contributed by atoms with Crippen LogP contribution in [0, 0.1) is 0 Å². The van der Waals surface area contributed by atoms with Gasteiger partial charge in [-0.1, -0.05) is 6.07 Å². The maximum absolute atomic E-state index is 11.4. The quantitative estimate of drug-likeness (QED) is 0.837. The van der Waals surface area contributed by atoms with Crippen molar-refractivity contribution in [1.82, 2.24) is 4.98 Å². The van der Waals surface area contributed by atoms with Gasteiger partial charge >= 0.3 is 0 Å². The summed E-state index contributed by atoms with van der Waals surface area (Å²) in [5, 5.41) is 2.78. The molecule has 0 fully saturated rings. The zero-order valence-corrected chi connectivity index (χ0v) is 11.7. The molecule has 0 atom stereocenters. The Bertz CT molecular complexity index is 673. The first kappa shape index (κ1) is 13.2. The molecule has 1 aliphatic heterocycles. The summed E-state index contributed by atoms with van der Waals surface area (Å²) < 4.78 is 5.35. The fourth-order valence-corrected chi connectivity index (χ4v) is 2.28. The molecule has 0 spiro atoms. The van der Waals surface area contributed by atoms with E-state index >= 15 is 0 Å². The molecule has 6 heteroatoms. The molecule has 0 saturated carbocycles. The molecule has 1 aromatic carbocycles. The van der Waals surface area contributed by atoms with E-state index in [1.807, 2.05) is 36.2 Å². The van der Waals surface area contributed by atoms with Gasteiger partial charge in [-0.2, -0.15) is 0 Å². The second-order valence-electron chi connectivity index (χ2n) is 4.92. The van der Waals surface area contributed by atoms with E-state index in [1.54, 1.807) is 12.3 Å². The summed E-state index contributed by atoms with van der Waals surface area (Å²) in [6, 6.07) is 9.34. The third kappa shape index (κ3) is 2.74. The number of benzene rings is 1. The summed E-state index contributed by atoms with van der Waals surface area (Å²) >= 11 is 0. The molecule has 1 aromatic heterocycles. The van der Waals surface area contributed by atoms with E-state index in [-0.39, 0.29) is 12.5 Å². The molecule has 21 heavy (non-hydrogen) atoms. The van der Waals surface area contributed by atoms with Gasteiger partial charge in [0.15, 0.2) is 6.61 Å². The number of carbonyl (C=O) groups excluding carboxylic acids is 1. The van der Waals surface area contributed by atoms with Gasteiger partial charge in [-0.05, 0) is 18.2 Å². The number of fused-ring (bicyclic) bond motifs is 1. The van der Waals surface area contributed by atoms with Gasteiger partial charge in [0.05, 0.1) is 29.3 Å². The summed E-state index contributed by atoms with van der Waals surface area (Å²) in [5.41, 5.74) is 9.09.